The number of aryl methyl sites for hydroxylation is 1. The molecule has 12 aliphatic rings. The van der Waals surface area contributed by atoms with E-state index in [2.05, 4.69) is 135 Å². The van der Waals surface area contributed by atoms with Crippen molar-refractivity contribution >= 4 is 22.7 Å². The Balaban J connectivity index is 0.879. The number of hydrogen-bond acceptors (Lipinski definition) is 7. The van der Waals surface area contributed by atoms with Crippen LogP contribution in [0.2, 0.25) is 0 Å². The van der Waals surface area contributed by atoms with Crippen molar-refractivity contribution in [2.75, 3.05) is 6.61 Å². The van der Waals surface area contributed by atoms with Crippen molar-refractivity contribution in [2.24, 2.45) is 80.8 Å². The molecule has 7 fully saturated rings. The Morgan fingerprint density at radius 1 is 0.750 bits per heavy atom. The van der Waals surface area contributed by atoms with Gasteiger partial charge >= 0.3 is 11.9 Å². The second kappa shape index (κ2) is 21.7. The Morgan fingerprint density at radius 2 is 1.57 bits per heavy atom. The summed E-state index contributed by atoms with van der Waals surface area (Å²) in [6.45, 7) is 7.03. The van der Waals surface area contributed by atoms with E-state index in [-0.39, 0.29) is 76.7 Å². The first kappa shape index (κ1) is 57.9. The second-order valence-electron chi connectivity index (χ2n) is 32.2. The van der Waals surface area contributed by atoms with Gasteiger partial charge in [0.2, 0.25) is 0 Å². The van der Waals surface area contributed by atoms with Crippen LogP contribution in [0.4, 0.5) is 0 Å². The molecule has 88 heavy (non-hydrogen) atoms. The fourth-order valence-corrected chi connectivity index (χ4v) is 24.9. The molecule has 4 aromatic carbocycles. The highest BCUT2D eigenvalue weighted by Gasteiger charge is 2.78. The fraction of sp³-hybridized carbons (Fsp3) is 0.630. The maximum atomic E-state index is 15.6. The monoisotopic (exact) mass is 1180 g/mol. The molecular weight excluding hydrogens is 1080 g/mol. The van der Waals surface area contributed by atoms with E-state index in [1.807, 2.05) is 0 Å². The molecule has 22 atom stereocenters. The molecule has 7 saturated carbocycles. The maximum absolute atomic E-state index is 15.6. The molecular formula is C81H96O7. The first-order valence-electron chi connectivity index (χ1n) is 35.5. The third-order valence-corrected chi connectivity index (χ3v) is 28.3. The SMILES string of the molecule is CC(CCCc1ccccc1)CC1C#CC2CCCCC2C(=O)OC2CC(C)C(O)(CCC3=CC(=O)OC3)C3(C(O)CCC(C)(C4CC5c6cccc7ccc8c(c67)C6C(CC7(c9ccccc9)CCCCC87)C78CCC(CC#CC4CC56C7)C8)C23)C1O. The summed E-state index contributed by atoms with van der Waals surface area (Å²) in [5, 5.41) is 46.2. The predicted molar refractivity (Wildman–Crippen MR) is 344 cm³/mol. The van der Waals surface area contributed by atoms with Crippen molar-refractivity contribution < 1.29 is 34.4 Å². The zero-order valence-electron chi connectivity index (χ0n) is 52.8. The molecule has 0 radical (unpaired) electrons. The summed E-state index contributed by atoms with van der Waals surface area (Å²) < 4.78 is 12.9. The number of rotatable bonds is 11. The molecule has 0 amide bonds. The van der Waals surface area contributed by atoms with Gasteiger partial charge in [0, 0.05) is 41.6 Å². The normalized spacial score (nSPS) is 43.6. The van der Waals surface area contributed by atoms with Crippen molar-refractivity contribution in [2.45, 2.75) is 228 Å². The van der Waals surface area contributed by atoms with E-state index in [4.69, 9.17) is 9.47 Å². The molecule has 2 heterocycles. The highest BCUT2D eigenvalue weighted by Crippen LogP contribution is 2.82. The highest BCUT2D eigenvalue weighted by molar-refractivity contribution is 5.93. The van der Waals surface area contributed by atoms with Gasteiger partial charge in [-0.15, -0.1) is 5.92 Å². The lowest BCUT2D eigenvalue weighted by atomic mass is 9.35. The molecule has 2 spiro atoms. The van der Waals surface area contributed by atoms with Crippen LogP contribution in [0.3, 0.4) is 0 Å². The molecule has 16 rings (SSSR count). The van der Waals surface area contributed by atoms with E-state index in [0.717, 1.165) is 69.8 Å². The van der Waals surface area contributed by atoms with Crippen LogP contribution in [0.15, 0.2) is 103 Å². The second-order valence-corrected chi connectivity index (χ2v) is 32.2. The number of aliphatic hydroxyl groups is 3. The molecule has 4 aromatic rings. The van der Waals surface area contributed by atoms with Crippen LogP contribution in [0.25, 0.3) is 10.8 Å². The average Bonchev–Trinajstić information content (AvgIpc) is 1.29. The topological polar surface area (TPSA) is 113 Å². The van der Waals surface area contributed by atoms with Gasteiger partial charge in [-0.1, -0.05) is 162 Å². The third-order valence-electron chi connectivity index (χ3n) is 28.3. The Morgan fingerprint density at radius 3 is 2.40 bits per heavy atom. The number of cyclic esters (lactones) is 1. The molecule has 462 valence electrons. The van der Waals surface area contributed by atoms with Crippen LogP contribution in [0.1, 0.15) is 220 Å². The zero-order valence-corrected chi connectivity index (χ0v) is 52.8. The van der Waals surface area contributed by atoms with E-state index >= 15 is 4.79 Å². The van der Waals surface area contributed by atoms with Crippen LogP contribution < -0.4 is 0 Å². The Kier molecular flexibility index (Phi) is 14.3. The standard InChI is InChI=1S/C81H96O7/c1-50(17-14-20-52-18-6-4-7-19-52)41-57-31-30-55-22-10-11-27-60(55)75(85)88-67-42-51(2)80(86,40-35-54-43-69(83)87-48-54)81(74(57)84)68(82)36-38-76(3,73(67)81)64-44-65-61-28-16-23-56-32-33-62-63-29-12-13-37-78(63,59-25-8-5-9-26-59)47-66-72(71(62)70(56)61)79(65)46-58(64)24-15-21-53-34-39-77(66,45-53)49-79/h4-9,16,18-19,23,25-26,28,32-33,43,50-51,53,55,57-58,60,63-68,72-74,82,84,86H,10-14,17,20-22,27,29,34-42,44-49H2,1-3H3. The van der Waals surface area contributed by atoms with Gasteiger partial charge in [-0.25, -0.2) is 4.79 Å². The summed E-state index contributed by atoms with van der Waals surface area (Å²) in [6.07, 6.45) is 21.6. The van der Waals surface area contributed by atoms with E-state index in [1.165, 1.54) is 74.3 Å². The molecule has 2 aliphatic heterocycles. The van der Waals surface area contributed by atoms with Gasteiger partial charge < -0.3 is 24.8 Å². The van der Waals surface area contributed by atoms with E-state index in [1.54, 1.807) is 28.2 Å². The number of carbonyl (C=O) groups excluding carboxylic acids is 2. The van der Waals surface area contributed by atoms with E-state index in [9.17, 15) is 20.1 Å². The third kappa shape index (κ3) is 8.59. The first-order chi connectivity index (χ1) is 42.7. The minimum atomic E-state index is -1.66. The number of ether oxygens (including phenoxy) is 2. The minimum Gasteiger partial charge on any atom is -0.462 e. The summed E-state index contributed by atoms with van der Waals surface area (Å²) in [5.41, 5.74) is 4.94. The van der Waals surface area contributed by atoms with Crippen LogP contribution >= 0.6 is 0 Å². The van der Waals surface area contributed by atoms with Crippen molar-refractivity contribution in [1.29, 1.82) is 0 Å². The zero-order chi connectivity index (χ0) is 60.0. The number of hydrogen-bond donors (Lipinski definition) is 3. The number of esters is 2. The molecule has 0 saturated heterocycles. The van der Waals surface area contributed by atoms with Crippen molar-refractivity contribution in [3.05, 3.63) is 130 Å². The summed E-state index contributed by atoms with van der Waals surface area (Å²) in [5.74, 6) is 15.4. The van der Waals surface area contributed by atoms with E-state index in [0.29, 0.717) is 55.8 Å². The molecule has 6 bridgehead atoms. The number of carbonyl (C=O) groups is 2. The van der Waals surface area contributed by atoms with Gasteiger partial charge in [0.05, 0.1) is 29.1 Å². The number of fused-ring (bicyclic) bond motifs is 6. The lowest BCUT2D eigenvalue weighted by molar-refractivity contribution is -0.332. The summed E-state index contributed by atoms with van der Waals surface area (Å²) >= 11 is 0. The smallest absolute Gasteiger partial charge is 0.331 e. The van der Waals surface area contributed by atoms with Crippen LogP contribution in [-0.4, -0.2) is 57.8 Å². The van der Waals surface area contributed by atoms with Crippen LogP contribution in [0.5, 0.6) is 0 Å². The van der Waals surface area contributed by atoms with Gasteiger partial charge in [-0.05, 0) is 230 Å². The van der Waals surface area contributed by atoms with Gasteiger partial charge in [0.15, 0.2) is 0 Å². The first-order valence-corrected chi connectivity index (χ1v) is 35.5. The van der Waals surface area contributed by atoms with Crippen LogP contribution in [-0.2, 0) is 30.9 Å². The average molecular weight is 1180 g/mol. The number of benzene rings is 4. The van der Waals surface area contributed by atoms with Gasteiger partial charge in [-0.2, -0.15) is 0 Å². The minimum absolute atomic E-state index is 0.00721. The lowest BCUT2D eigenvalue weighted by Crippen LogP contribution is -2.78. The Labute approximate surface area is 524 Å². The summed E-state index contributed by atoms with van der Waals surface area (Å²) in [7, 11) is 0. The summed E-state index contributed by atoms with van der Waals surface area (Å²) in [6, 6.07) is 35.0. The van der Waals surface area contributed by atoms with Gasteiger partial charge in [-0.3, -0.25) is 4.79 Å². The lowest BCUT2D eigenvalue weighted by Gasteiger charge is -2.71. The molecule has 7 nitrogen and oxygen atoms in total. The van der Waals surface area contributed by atoms with E-state index < -0.39 is 52.5 Å². The quantitative estimate of drug-likeness (QED) is 0.101. The highest BCUT2D eigenvalue weighted by atomic mass is 16.5. The molecule has 7 heteroatoms. The molecule has 0 aromatic heterocycles. The maximum Gasteiger partial charge on any atom is 0.331 e. The van der Waals surface area contributed by atoms with Gasteiger partial charge in [0.25, 0.3) is 0 Å². The Hall–Kier alpha value is -5.18. The van der Waals surface area contributed by atoms with Crippen molar-refractivity contribution in [3.63, 3.8) is 0 Å². The van der Waals surface area contributed by atoms with Gasteiger partial charge in [0.1, 0.15) is 12.7 Å². The molecule has 22 unspecified atom stereocenters. The molecule has 3 N–H and O–H groups in total. The van der Waals surface area contributed by atoms with Crippen molar-refractivity contribution in [3.8, 4) is 23.7 Å². The van der Waals surface area contributed by atoms with Crippen LogP contribution in [0, 0.1) is 105 Å². The summed E-state index contributed by atoms with van der Waals surface area (Å²) in [4.78, 5) is 28.4. The predicted octanol–water partition coefficient (Wildman–Crippen LogP) is 15.8. The van der Waals surface area contributed by atoms with Crippen molar-refractivity contribution in [1.82, 2.24) is 0 Å². The largest absolute Gasteiger partial charge is 0.462 e. The molecule has 10 aliphatic carbocycles. The fourth-order valence-electron chi connectivity index (χ4n) is 24.9. The Bertz CT molecular complexity index is 3550. The number of aliphatic hydroxyl groups excluding tert-OH is 2.